The Kier molecular flexibility index (Phi) is 4.48. The predicted octanol–water partition coefficient (Wildman–Crippen LogP) is 3.46. The van der Waals surface area contributed by atoms with Crippen LogP contribution in [-0.4, -0.2) is 27.2 Å². The van der Waals surface area contributed by atoms with Crippen LogP contribution in [0, 0.1) is 11.6 Å². The van der Waals surface area contributed by atoms with Gasteiger partial charge in [0.25, 0.3) is 0 Å². The highest BCUT2D eigenvalue weighted by molar-refractivity contribution is 5.97. The van der Waals surface area contributed by atoms with E-state index in [-0.39, 0.29) is 12.3 Å². The quantitative estimate of drug-likeness (QED) is 0.918. The lowest BCUT2D eigenvalue weighted by Crippen LogP contribution is -2.24. The van der Waals surface area contributed by atoms with Crippen molar-refractivity contribution >= 4 is 11.6 Å². The molecular formula is C18H17F2NO4. The van der Waals surface area contributed by atoms with Crippen molar-refractivity contribution in [1.82, 2.24) is 0 Å². The molecular weight excluding hydrogens is 332 g/mol. The molecule has 0 unspecified atom stereocenters. The Morgan fingerprint density at radius 1 is 1.00 bits per heavy atom. The van der Waals surface area contributed by atoms with Crippen LogP contribution < -0.4 is 19.5 Å². The molecule has 1 heterocycles. The van der Waals surface area contributed by atoms with Crippen LogP contribution in [0.25, 0.3) is 0 Å². The van der Waals surface area contributed by atoms with Crippen LogP contribution in [0.3, 0.4) is 0 Å². The van der Waals surface area contributed by atoms with Crippen LogP contribution in [0.1, 0.15) is 23.5 Å². The van der Waals surface area contributed by atoms with Crippen molar-refractivity contribution < 1.29 is 27.8 Å². The van der Waals surface area contributed by atoms with E-state index in [2.05, 4.69) is 5.32 Å². The van der Waals surface area contributed by atoms with Gasteiger partial charge >= 0.3 is 0 Å². The zero-order valence-electron chi connectivity index (χ0n) is 14.0. The van der Waals surface area contributed by atoms with Crippen molar-refractivity contribution in [2.24, 2.45) is 0 Å². The first kappa shape index (κ1) is 17.0. The average molecular weight is 349 g/mol. The molecule has 1 amide bonds. The molecule has 5 nitrogen and oxygen atoms in total. The maximum absolute atomic E-state index is 13.7. The van der Waals surface area contributed by atoms with Crippen molar-refractivity contribution in [3.63, 3.8) is 0 Å². The number of nitrogens with one attached hydrogen (secondary N) is 1. The summed E-state index contributed by atoms with van der Waals surface area (Å²) in [5, 5.41) is 2.76. The number of rotatable bonds is 4. The maximum Gasteiger partial charge on any atom is 0.225 e. The minimum atomic E-state index is -0.968. The van der Waals surface area contributed by atoms with Gasteiger partial charge in [-0.15, -0.1) is 0 Å². The molecule has 0 fully saturated rings. The number of fused-ring (bicyclic) bond motifs is 1. The zero-order chi connectivity index (χ0) is 18.1. The lowest BCUT2D eigenvalue weighted by molar-refractivity contribution is -0.116. The van der Waals surface area contributed by atoms with Crippen molar-refractivity contribution in [3.8, 4) is 17.2 Å². The SMILES string of the molecule is COc1cc2c(c(OC)c1OC)[C@H](c1ccc(F)c(F)c1)CC(=O)N2. The summed E-state index contributed by atoms with van der Waals surface area (Å²) >= 11 is 0. The lowest BCUT2D eigenvalue weighted by Gasteiger charge is -2.29. The molecule has 1 aliphatic heterocycles. The highest BCUT2D eigenvalue weighted by Gasteiger charge is 2.33. The van der Waals surface area contributed by atoms with Gasteiger partial charge in [0.05, 0.1) is 27.0 Å². The first-order valence-electron chi connectivity index (χ1n) is 7.57. The van der Waals surface area contributed by atoms with Crippen molar-refractivity contribution in [1.29, 1.82) is 0 Å². The molecule has 0 spiro atoms. The van der Waals surface area contributed by atoms with E-state index in [1.807, 2.05) is 0 Å². The Hall–Kier alpha value is -2.83. The topological polar surface area (TPSA) is 56.8 Å². The number of hydrogen-bond donors (Lipinski definition) is 1. The number of anilines is 1. The Morgan fingerprint density at radius 2 is 1.72 bits per heavy atom. The predicted molar refractivity (Wildman–Crippen MR) is 87.5 cm³/mol. The Balaban J connectivity index is 2.25. The summed E-state index contributed by atoms with van der Waals surface area (Å²) in [6, 6.07) is 5.23. The minimum Gasteiger partial charge on any atom is -0.493 e. The van der Waals surface area contributed by atoms with E-state index in [0.717, 1.165) is 12.1 Å². The summed E-state index contributed by atoms with van der Waals surface area (Å²) in [7, 11) is 4.41. The fraction of sp³-hybridized carbons (Fsp3) is 0.278. The third kappa shape index (κ3) is 2.86. The van der Waals surface area contributed by atoms with E-state index in [1.54, 1.807) is 6.07 Å². The monoisotopic (exact) mass is 349 g/mol. The zero-order valence-corrected chi connectivity index (χ0v) is 14.0. The highest BCUT2D eigenvalue weighted by atomic mass is 19.2. The average Bonchev–Trinajstić information content (AvgIpc) is 2.61. The summed E-state index contributed by atoms with van der Waals surface area (Å²) in [4.78, 5) is 12.1. The molecule has 0 saturated carbocycles. The maximum atomic E-state index is 13.7. The second kappa shape index (κ2) is 6.58. The van der Waals surface area contributed by atoms with Crippen LogP contribution in [0.4, 0.5) is 14.5 Å². The summed E-state index contributed by atoms with van der Waals surface area (Å²) < 4.78 is 43.2. The van der Waals surface area contributed by atoms with E-state index in [4.69, 9.17) is 14.2 Å². The van der Waals surface area contributed by atoms with Gasteiger partial charge in [-0.3, -0.25) is 4.79 Å². The van der Waals surface area contributed by atoms with Crippen LogP contribution in [-0.2, 0) is 4.79 Å². The lowest BCUT2D eigenvalue weighted by atomic mass is 9.83. The third-order valence-electron chi connectivity index (χ3n) is 4.23. The molecule has 7 heteroatoms. The molecule has 0 aromatic heterocycles. The van der Waals surface area contributed by atoms with E-state index in [1.165, 1.54) is 27.4 Å². The van der Waals surface area contributed by atoms with Crippen molar-refractivity contribution in [2.45, 2.75) is 12.3 Å². The number of ether oxygens (including phenoxy) is 3. The van der Waals surface area contributed by atoms with Gasteiger partial charge in [0.1, 0.15) is 0 Å². The number of halogens is 2. The number of amides is 1. The van der Waals surface area contributed by atoms with Gasteiger partial charge in [-0.05, 0) is 17.7 Å². The molecule has 2 aromatic carbocycles. The smallest absolute Gasteiger partial charge is 0.225 e. The number of carbonyl (C=O) groups is 1. The summed E-state index contributed by atoms with van der Waals surface area (Å²) in [5.41, 5.74) is 1.59. The molecule has 3 rings (SSSR count). The van der Waals surface area contributed by atoms with E-state index in [0.29, 0.717) is 34.1 Å². The standard InChI is InChI=1S/C18H17F2NO4/c1-23-14-8-13-16(18(25-3)17(14)24-2)10(7-15(22)21-13)9-4-5-11(19)12(20)6-9/h4-6,8,10H,7H2,1-3H3,(H,21,22)/t10-/m0/s1. The molecule has 1 atom stereocenters. The van der Waals surface area contributed by atoms with Gasteiger partial charge in [0, 0.05) is 24.0 Å². The van der Waals surface area contributed by atoms with Gasteiger partial charge in [0.2, 0.25) is 11.7 Å². The number of methoxy groups -OCH3 is 3. The molecule has 0 bridgehead atoms. The van der Waals surface area contributed by atoms with Gasteiger partial charge in [-0.2, -0.15) is 0 Å². The van der Waals surface area contributed by atoms with E-state index >= 15 is 0 Å². The first-order chi connectivity index (χ1) is 12.0. The fourth-order valence-corrected chi connectivity index (χ4v) is 3.13. The normalized spacial score (nSPS) is 16.0. The largest absolute Gasteiger partial charge is 0.493 e. The minimum absolute atomic E-state index is 0.0733. The molecule has 1 N–H and O–H groups in total. The molecule has 132 valence electrons. The Morgan fingerprint density at radius 3 is 2.32 bits per heavy atom. The van der Waals surface area contributed by atoms with Gasteiger partial charge in [0.15, 0.2) is 23.1 Å². The van der Waals surface area contributed by atoms with Crippen molar-refractivity contribution in [3.05, 3.63) is 47.0 Å². The molecule has 0 radical (unpaired) electrons. The van der Waals surface area contributed by atoms with E-state index < -0.39 is 17.6 Å². The molecule has 1 aliphatic rings. The number of hydrogen-bond acceptors (Lipinski definition) is 4. The second-order valence-electron chi connectivity index (χ2n) is 5.58. The first-order valence-corrected chi connectivity index (χ1v) is 7.57. The van der Waals surface area contributed by atoms with Gasteiger partial charge in [-0.25, -0.2) is 8.78 Å². The van der Waals surface area contributed by atoms with Crippen LogP contribution in [0.2, 0.25) is 0 Å². The second-order valence-corrected chi connectivity index (χ2v) is 5.58. The Labute approximate surface area is 143 Å². The molecule has 0 saturated heterocycles. The van der Waals surface area contributed by atoms with Crippen LogP contribution in [0.5, 0.6) is 17.2 Å². The third-order valence-corrected chi connectivity index (χ3v) is 4.23. The van der Waals surface area contributed by atoms with Crippen molar-refractivity contribution in [2.75, 3.05) is 26.6 Å². The molecule has 0 aliphatic carbocycles. The molecule has 25 heavy (non-hydrogen) atoms. The molecule has 2 aromatic rings. The van der Waals surface area contributed by atoms with Gasteiger partial charge < -0.3 is 19.5 Å². The van der Waals surface area contributed by atoms with Crippen LogP contribution >= 0.6 is 0 Å². The number of benzene rings is 2. The number of carbonyl (C=O) groups excluding carboxylic acids is 1. The van der Waals surface area contributed by atoms with Gasteiger partial charge in [-0.1, -0.05) is 6.07 Å². The summed E-state index contributed by atoms with van der Waals surface area (Å²) in [5.74, 6) is -1.51. The summed E-state index contributed by atoms with van der Waals surface area (Å²) in [6.07, 6.45) is 0.0733. The van der Waals surface area contributed by atoms with E-state index in [9.17, 15) is 13.6 Å². The highest BCUT2D eigenvalue weighted by Crippen LogP contribution is 2.51. The Bertz CT molecular complexity index is 838. The van der Waals surface area contributed by atoms with Crippen LogP contribution in [0.15, 0.2) is 24.3 Å². The summed E-state index contributed by atoms with van der Waals surface area (Å²) in [6.45, 7) is 0. The fourth-order valence-electron chi connectivity index (χ4n) is 3.13.